The summed E-state index contributed by atoms with van der Waals surface area (Å²) in [6.07, 6.45) is 3.04. The van der Waals surface area contributed by atoms with Crippen molar-refractivity contribution < 1.29 is 9.47 Å². The summed E-state index contributed by atoms with van der Waals surface area (Å²) in [6, 6.07) is 8.25. The molecule has 2 N–H and O–H groups in total. The molecule has 0 radical (unpaired) electrons. The van der Waals surface area contributed by atoms with Gasteiger partial charge in [0.1, 0.15) is 12.4 Å². The highest BCUT2D eigenvalue weighted by molar-refractivity contribution is 5.27. The van der Waals surface area contributed by atoms with Crippen molar-refractivity contribution in [2.75, 3.05) is 20.3 Å². The number of rotatable bonds is 8. The van der Waals surface area contributed by atoms with Crippen LogP contribution in [0.1, 0.15) is 25.3 Å². The molecule has 0 spiro atoms. The van der Waals surface area contributed by atoms with Gasteiger partial charge in [0.25, 0.3) is 0 Å². The number of ether oxygens (including phenoxy) is 2. The molecule has 1 atom stereocenters. The van der Waals surface area contributed by atoms with E-state index < -0.39 is 0 Å². The van der Waals surface area contributed by atoms with E-state index in [2.05, 4.69) is 19.1 Å². The van der Waals surface area contributed by atoms with Crippen LogP contribution in [-0.4, -0.2) is 26.4 Å². The Kier molecular flexibility index (Phi) is 6.67. The number of hydrogen-bond donors (Lipinski definition) is 1. The van der Waals surface area contributed by atoms with E-state index in [1.54, 1.807) is 7.11 Å². The van der Waals surface area contributed by atoms with Crippen LogP contribution >= 0.6 is 0 Å². The Balaban J connectivity index is 2.34. The molecule has 1 aromatic rings. The Morgan fingerprint density at radius 3 is 2.53 bits per heavy atom. The van der Waals surface area contributed by atoms with E-state index in [1.165, 1.54) is 5.56 Å². The van der Waals surface area contributed by atoms with E-state index in [4.69, 9.17) is 15.2 Å². The van der Waals surface area contributed by atoms with Gasteiger partial charge < -0.3 is 15.2 Å². The molecule has 0 aliphatic carbocycles. The molecule has 0 aliphatic heterocycles. The molecule has 1 unspecified atom stereocenters. The molecule has 3 heteroatoms. The summed E-state index contributed by atoms with van der Waals surface area (Å²) in [4.78, 5) is 0. The molecule has 1 rings (SSSR count). The zero-order valence-corrected chi connectivity index (χ0v) is 10.8. The zero-order valence-electron chi connectivity index (χ0n) is 10.8. The lowest BCUT2D eigenvalue weighted by Crippen LogP contribution is -2.27. The van der Waals surface area contributed by atoms with Crippen LogP contribution in [0.2, 0.25) is 0 Å². The van der Waals surface area contributed by atoms with Gasteiger partial charge in [-0.15, -0.1) is 0 Å². The first-order chi connectivity index (χ1) is 8.26. The molecule has 0 bridgehead atoms. The Bertz CT molecular complexity index is 298. The van der Waals surface area contributed by atoms with E-state index in [9.17, 15) is 0 Å². The number of hydrogen-bond acceptors (Lipinski definition) is 3. The second-order valence-corrected chi connectivity index (χ2v) is 4.25. The maximum atomic E-state index is 5.89. The Hall–Kier alpha value is -1.06. The monoisotopic (exact) mass is 237 g/mol. The van der Waals surface area contributed by atoms with Crippen LogP contribution in [0.15, 0.2) is 24.3 Å². The van der Waals surface area contributed by atoms with E-state index in [1.807, 2.05) is 12.1 Å². The quantitative estimate of drug-likeness (QED) is 0.755. The van der Waals surface area contributed by atoms with Crippen LogP contribution in [0, 0.1) is 0 Å². The van der Waals surface area contributed by atoms with E-state index in [-0.39, 0.29) is 6.04 Å². The fraction of sp³-hybridized carbons (Fsp3) is 0.571. The van der Waals surface area contributed by atoms with Gasteiger partial charge in [-0.05, 0) is 30.5 Å². The van der Waals surface area contributed by atoms with Crippen LogP contribution in [0.3, 0.4) is 0 Å². The fourth-order valence-corrected chi connectivity index (χ4v) is 1.63. The summed E-state index contributed by atoms with van der Waals surface area (Å²) < 4.78 is 10.7. The van der Waals surface area contributed by atoms with Gasteiger partial charge in [-0.25, -0.2) is 0 Å². The number of methoxy groups -OCH3 is 1. The normalized spacial score (nSPS) is 12.4. The van der Waals surface area contributed by atoms with Crippen molar-refractivity contribution in [1.82, 2.24) is 0 Å². The molecular weight excluding hydrogens is 214 g/mol. The van der Waals surface area contributed by atoms with Gasteiger partial charge in [-0.2, -0.15) is 0 Å². The standard InChI is InChI=1S/C14H23NO2/c1-3-4-13(15)11-17-14-7-5-12(6-8-14)9-10-16-2/h5-8,13H,3-4,9-11,15H2,1-2H3. The molecule has 0 saturated heterocycles. The molecule has 17 heavy (non-hydrogen) atoms. The third kappa shape index (κ3) is 5.71. The number of benzene rings is 1. The molecule has 0 saturated carbocycles. The van der Waals surface area contributed by atoms with Crippen LogP contribution in [0.5, 0.6) is 5.75 Å². The van der Waals surface area contributed by atoms with Gasteiger partial charge in [0.05, 0.1) is 6.61 Å². The number of nitrogens with two attached hydrogens (primary N) is 1. The topological polar surface area (TPSA) is 44.5 Å². The van der Waals surface area contributed by atoms with Crippen molar-refractivity contribution in [1.29, 1.82) is 0 Å². The van der Waals surface area contributed by atoms with Gasteiger partial charge in [-0.1, -0.05) is 25.5 Å². The molecular formula is C14H23NO2. The third-order valence-electron chi connectivity index (χ3n) is 2.64. The second-order valence-electron chi connectivity index (χ2n) is 4.25. The predicted molar refractivity (Wildman–Crippen MR) is 70.4 cm³/mol. The maximum Gasteiger partial charge on any atom is 0.119 e. The highest BCUT2D eigenvalue weighted by Crippen LogP contribution is 2.13. The highest BCUT2D eigenvalue weighted by atomic mass is 16.5. The van der Waals surface area contributed by atoms with Crippen molar-refractivity contribution in [3.63, 3.8) is 0 Å². The van der Waals surface area contributed by atoms with E-state index in [0.29, 0.717) is 6.61 Å². The maximum absolute atomic E-state index is 5.89. The minimum absolute atomic E-state index is 0.133. The third-order valence-corrected chi connectivity index (χ3v) is 2.64. The van der Waals surface area contributed by atoms with Gasteiger partial charge in [0, 0.05) is 13.2 Å². The lowest BCUT2D eigenvalue weighted by Gasteiger charge is -2.12. The average molecular weight is 237 g/mol. The molecule has 0 amide bonds. The van der Waals surface area contributed by atoms with Crippen molar-refractivity contribution in [3.8, 4) is 5.75 Å². The van der Waals surface area contributed by atoms with Crippen LogP contribution in [0.4, 0.5) is 0 Å². The Morgan fingerprint density at radius 2 is 1.94 bits per heavy atom. The smallest absolute Gasteiger partial charge is 0.119 e. The van der Waals surface area contributed by atoms with Crippen molar-refractivity contribution in [3.05, 3.63) is 29.8 Å². The van der Waals surface area contributed by atoms with Crippen molar-refractivity contribution in [2.45, 2.75) is 32.2 Å². The van der Waals surface area contributed by atoms with Crippen molar-refractivity contribution >= 4 is 0 Å². The molecule has 0 heterocycles. The van der Waals surface area contributed by atoms with Gasteiger partial charge >= 0.3 is 0 Å². The largest absolute Gasteiger partial charge is 0.492 e. The first kappa shape index (κ1) is 14.0. The summed E-state index contributed by atoms with van der Waals surface area (Å²) in [5.74, 6) is 0.887. The highest BCUT2D eigenvalue weighted by Gasteiger charge is 2.02. The summed E-state index contributed by atoms with van der Waals surface area (Å²) in [6.45, 7) is 3.47. The van der Waals surface area contributed by atoms with Gasteiger partial charge in [-0.3, -0.25) is 0 Å². The molecule has 1 aromatic carbocycles. The molecule has 0 aromatic heterocycles. The fourth-order valence-electron chi connectivity index (χ4n) is 1.63. The summed E-state index contributed by atoms with van der Waals surface area (Å²) in [7, 11) is 1.71. The first-order valence-electron chi connectivity index (χ1n) is 6.22. The van der Waals surface area contributed by atoms with E-state index in [0.717, 1.165) is 31.6 Å². The van der Waals surface area contributed by atoms with Gasteiger partial charge in [0.2, 0.25) is 0 Å². The van der Waals surface area contributed by atoms with Crippen LogP contribution in [0.25, 0.3) is 0 Å². The minimum atomic E-state index is 0.133. The summed E-state index contributed by atoms with van der Waals surface area (Å²) >= 11 is 0. The lowest BCUT2D eigenvalue weighted by atomic mass is 10.1. The lowest BCUT2D eigenvalue weighted by molar-refractivity contribution is 0.202. The Morgan fingerprint density at radius 1 is 1.24 bits per heavy atom. The van der Waals surface area contributed by atoms with Crippen LogP contribution in [-0.2, 0) is 11.2 Å². The second kappa shape index (κ2) is 8.09. The summed E-state index contributed by atoms with van der Waals surface area (Å²) in [5, 5.41) is 0. The molecule has 0 aliphatic rings. The SMILES string of the molecule is CCCC(N)COc1ccc(CCOC)cc1. The Labute approximate surface area is 104 Å². The molecule has 0 fully saturated rings. The predicted octanol–water partition coefficient (Wildman–Crippen LogP) is 2.38. The first-order valence-corrected chi connectivity index (χ1v) is 6.22. The van der Waals surface area contributed by atoms with Crippen LogP contribution < -0.4 is 10.5 Å². The molecule has 3 nitrogen and oxygen atoms in total. The van der Waals surface area contributed by atoms with Gasteiger partial charge in [0.15, 0.2) is 0 Å². The average Bonchev–Trinajstić information content (AvgIpc) is 2.35. The minimum Gasteiger partial charge on any atom is -0.492 e. The van der Waals surface area contributed by atoms with E-state index >= 15 is 0 Å². The summed E-state index contributed by atoms with van der Waals surface area (Å²) in [5.41, 5.74) is 7.15. The van der Waals surface area contributed by atoms with Crippen molar-refractivity contribution in [2.24, 2.45) is 5.73 Å². The molecule has 96 valence electrons. The zero-order chi connectivity index (χ0) is 12.5.